The Morgan fingerprint density at radius 2 is 1.10 bits per heavy atom. The molecule has 0 saturated heterocycles. The number of ether oxygens (including phenoxy) is 1. The van der Waals surface area contributed by atoms with Gasteiger partial charge in [0.1, 0.15) is 5.82 Å². The van der Waals surface area contributed by atoms with Crippen LogP contribution < -0.4 is 9.30 Å². The third-order valence-corrected chi connectivity index (χ3v) is 14.1. The van der Waals surface area contributed by atoms with E-state index in [1.165, 1.54) is 10.8 Å². The van der Waals surface area contributed by atoms with Gasteiger partial charge in [0.2, 0.25) is 0 Å². The van der Waals surface area contributed by atoms with E-state index in [4.69, 9.17) is 23.4 Å². The fraction of sp³-hybridized carbons (Fsp3) is 0.0571. The van der Waals surface area contributed by atoms with Gasteiger partial charge < -0.3 is 18.4 Å². The van der Waals surface area contributed by atoms with E-state index in [1.807, 2.05) is 54.7 Å². The molecule has 0 fully saturated rings. The van der Waals surface area contributed by atoms with E-state index in [-0.39, 0.29) is 54.4 Å². The van der Waals surface area contributed by atoms with Crippen LogP contribution in [0.5, 0.6) is 11.5 Å². The maximum Gasteiger partial charge on any atom is 0.268 e. The number of benzene rings is 10. The second-order valence-corrected chi connectivity index (χ2v) is 19.7. The Labute approximate surface area is 475 Å². The van der Waals surface area contributed by atoms with Gasteiger partial charge in [0.05, 0.1) is 47.1 Å². The van der Waals surface area contributed by atoms with E-state index < -0.39 is 60.4 Å². The summed E-state index contributed by atoms with van der Waals surface area (Å²) in [6, 6.07) is 59.5. The summed E-state index contributed by atoms with van der Waals surface area (Å²) in [5.74, 6) is 1.47. The normalized spacial score (nSPS) is 13.5. The Bertz CT molecular complexity index is 4980. The Balaban J connectivity index is 0.00000700. The number of nitrogens with zero attached hydrogens (tertiary/aromatic N) is 5. The fourth-order valence-electron chi connectivity index (χ4n) is 10.6. The van der Waals surface area contributed by atoms with Crippen molar-refractivity contribution in [3.8, 4) is 67.8 Å². The van der Waals surface area contributed by atoms with Crippen molar-refractivity contribution in [2.24, 2.45) is 0 Å². The van der Waals surface area contributed by atoms with E-state index in [9.17, 15) is 0 Å². The molecule has 0 N–H and O–H groups in total. The van der Waals surface area contributed by atoms with Gasteiger partial charge in [-0.2, -0.15) is 18.2 Å². The summed E-state index contributed by atoms with van der Waals surface area (Å²) in [5, 5.41) is 4.31. The van der Waals surface area contributed by atoms with Gasteiger partial charge in [-0.1, -0.05) is 196 Å². The summed E-state index contributed by atoms with van der Waals surface area (Å²) >= 11 is 0. The van der Waals surface area contributed by atoms with Gasteiger partial charge in [0.25, 0.3) is 6.33 Å². The molecule has 14 aromatic rings. The van der Waals surface area contributed by atoms with Crippen LogP contribution in [0.2, 0.25) is 0 Å². The van der Waals surface area contributed by atoms with Gasteiger partial charge in [-0.15, -0.1) is 29.7 Å². The first-order chi connectivity index (χ1) is 41.5. The Kier molecular flexibility index (Phi) is 9.40. The number of hydrogen-bond acceptors (Lipinski definition) is 2. The molecule has 0 aliphatic carbocycles. The summed E-state index contributed by atoms with van der Waals surface area (Å²) in [7, 11) is 0. The van der Waals surface area contributed by atoms with Crippen molar-refractivity contribution in [1.82, 2.24) is 18.7 Å². The van der Waals surface area contributed by atoms with Crippen molar-refractivity contribution in [3.05, 3.63) is 267 Å². The van der Waals surface area contributed by atoms with Crippen LogP contribution in [0.4, 0.5) is 0 Å². The molecule has 372 valence electrons. The second kappa shape index (κ2) is 19.2. The topological polar surface area (TPSA) is 40.8 Å². The van der Waals surface area contributed by atoms with Crippen LogP contribution >= 0.6 is 0 Å². The summed E-state index contributed by atoms with van der Waals surface area (Å²) in [5.41, 5.74) is 9.74. The predicted molar refractivity (Wildman–Crippen MR) is 309 cm³/mol. The molecule has 77 heavy (non-hydrogen) atoms. The van der Waals surface area contributed by atoms with Gasteiger partial charge in [-0.25, -0.2) is 4.98 Å². The van der Waals surface area contributed by atoms with Crippen LogP contribution in [-0.2, 0) is 26.5 Å². The zero-order chi connectivity index (χ0) is 59.6. The first kappa shape index (κ1) is 37.6. The van der Waals surface area contributed by atoms with Crippen molar-refractivity contribution >= 4 is 54.6 Å². The van der Waals surface area contributed by atoms with Gasteiger partial charge in [-0.3, -0.25) is 4.57 Å². The molecule has 0 atom stereocenters. The molecule has 4 heterocycles. The maximum atomic E-state index is 9.09. The van der Waals surface area contributed by atoms with Crippen molar-refractivity contribution < 1.29 is 44.1 Å². The van der Waals surface area contributed by atoms with Gasteiger partial charge >= 0.3 is 0 Å². The number of hydrogen-bond donors (Lipinski definition) is 0. The predicted octanol–water partition coefficient (Wildman–Crippen LogP) is 17.0. The van der Waals surface area contributed by atoms with Crippen molar-refractivity contribution in [3.63, 3.8) is 0 Å². The van der Waals surface area contributed by atoms with Gasteiger partial charge in [0, 0.05) is 60.6 Å². The van der Waals surface area contributed by atoms with Crippen molar-refractivity contribution in [2.45, 2.75) is 26.2 Å². The Morgan fingerprint density at radius 3 is 1.82 bits per heavy atom. The van der Waals surface area contributed by atoms with E-state index in [2.05, 4.69) is 151 Å². The average Bonchev–Trinajstić information content (AvgIpc) is 1.74. The molecular weight excluding hydrogens is 1120 g/mol. The number of rotatable bonds is 9. The molecular formula is C70H49N5OPt-2. The summed E-state index contributed by atoms with van der Waals surface area (Å²) < 4.78 is 102. The van der Waals surface area contributed by atoms with Gasteiger partial charge in [0.15, 0.2) is 0 Å². The van der Waals surface area contributed by atoms with Crippen LogP contribution in [-0.4, -0.2) is 18.7 Å². The second-order valence-electron chi connectivity index (χ2n) is 19.7. The van der Waals surface area contributed by atoms with E-state index in [1.54, 1.807) is 33.4 Å². The minimum absolute atomic E-state index is 0. The van der Waals surface area contributed by atoms with E-state index in [0.29, 0.717) is 28.2 Å². The van der Waals surface area contributed by atoms with Crippen LogP contribution in [0.15, 0.2) is 243 Å². The largest absolute Gasteiger partial charge is 0.510 e. The van der Waals surface area contributed by atoms with Gasteiger partial charge in [-0.05, 0) is 86.3 Å². The molecule has 0 aliphatic rings. The van der Waals surface area contributed by atoms with Crippen molar-refractivity contribution in [2.75, 3.05) is 0 Å². The van der Waals surface area contributed by atoms with E-state index >= 15 is 0 Å². The quantitative estimate of drug-likeness (QED) is 0.107. The third-order valence-electron chi connectivity index (χ3n) is 14.1. The smallest absolute Gasteiger partial charge is 0.268 e. The number of aromatic nitrogens is 5. The molecule has 0 saturated carbocycles. The Morgan fingerprint density at radius 1 is 0.506 bits per heavy atom. The van der Waals surface area contributed by atoms with E-state index in [0.717, 1.165) is 61.0 Å². The first-order valence-corrected chi connectivity index (χ1v) is 25.0. The summed E-state index contributed by atoms with van der Waals surface area (Å²) in [6.45, 7) is 6.55. The molecule has 0 bridgehead atoms. The number of fused-ring (bicyclic) bond motifs is 7. The SMILES string of the molecule is [2H]c1c([2H])c([2H])c(-c2cccc(-c3c([2H])c([2H])c([2H])c([2H])c3[2H])c2-[n+]2[c-]n(-c3[c-]c(Oc4[c-]c5c(cc4)c4ccc(-c6ccccc6-n6c7ccccc7c7ccccc76)cc4n5-c4cc(C(C)(C)C)ccn4)ccc3)c3ccccc32)c([2H])c1[2H].[Pt]. The number of para-hydroxylation sites is 6. The summed E-state index contributed by atoms with van der Waals surface area (Å²) in [4.78, 5) is 5.01. The number of pyridine rings is 1. The standard InChI is InChI=1S/C70H49N5O.Pt/c1-70(2,3)50-40-41-71-68(43-50)75-66-42-49(54-26-10-13-31-61(54)74-62-32-14-11-27-57(62)58-28-12-15-33-63(58)74)36-38-59(66)60-39-37-53(45-67(60)75)76-52-25-18-24-51(44-52)72-46-73(65-35-17-16-34-64(65)72)69-55(47-20-6-4-7-21-47)29-19-30-56(69)48-22-8-5-9-23-48;/h4-43H,1-3H3;/q-2;/i4D,5D,6D,7D,8D,9D,20D,21D,22D,23D;. The number of imidazole rings is 1. The Hall–Kier alpha value is -9.09. The molecule has 0 amide bonds. The molecule has 0 unspecified atom stereocenters. The molecule has 10 aromatic carbocycles. The third kappa shape index (κ3) is 8.24. The molecule has 0 spiro atoms. The van der Waals surface area contributed by atoms with Crippen molar-refractivity contribution in [1.29, 1.82) is 0 Å². The maximum absolute atomic E-state index is 9.09. The zero-order valence-electron chi connectivity index (χ0n) is 51.8. The molecule has 14 rings (SSSR count). The van der Waals surface area contributed by atoms with Crippen LogP contribution in [0.25, 0.3) is 111 Å². The average molecular weight is 1180 g/mol. The zero-order valence-corrected chi connectivity index (χ0v) is 44.1. The van der Waals surface area contributed by atoms with Crippen LogP contribution in [0.3, 0.4) is 0 Å². The molecule has 0 radical (unpaired) electrons. The monoisotopic (exact) mass is 1180 g/mol. The minimum Gasteiger partial charge on any atom is -0.510 e. The minimum atomic E-state index is -0.577. The molecule has 7 heteroatoms. The molecule has 6 nitrogen and oxygen atoms in total. The first-order valence-electron chi connectivity index (χ1n) is 30.0. The molecule has 0 aliphatic heterocycles. The van der Waals surface area contributed by atoms with Crippen LogP contribution in [0.1, 0.15) is 40.0 Å². The molecule has 4 aromatic heterocycles. The van der Waals surface area contributed by atoms with Crippen LogP contribution in [0, 0.1) is 18.5 Å². The fourth-order valence-corrected chi connectivity index (χ4v) is 10.6. The summed E-state index contributed by atoms with van der Waals surface area (Å²) in [6.07, 6.45) is 5.29.